The summed E-state index contributed by atoms with van der Waals surface area (Å²) in [6.07, 6.45) is 5.08. The smallest absolute Gasteiger partial charge is 0.252 e. The summed E-state index contributed by atoms with van der Waals surface area (Å²) in [5.74, 6) is 2.92. The molecule has 0 radical (unpaired) electrons. The Morgan fingerprint density at radius 3 is 2.76 bits per heavy atom. The maximum absolute atomic E-state index is 11.1. The van der Waals surface area contributed by atoms with Crippen LogP contribution in [0.3, 0.4) is 0 Å². The number of aliphatic hydroxyl groups is 1. The van der Waals surface area contributed by atoms with Crippen molar-refractivity contribution in [3.05, 3.63) is 23.3 Å². The highest BCUT2D eigenvalue weighted by molar-refractivity contribution is 6.67. The fourth-order valence-corrected chi connectivity index (χ4v) is 1.43. The number of rotatable bonds is 5. The number of hydrogen-bond donors (Lipinski definition) is 1. The lowest BCUT2D eigenvalue weighted by Gasteiger charge is -2.13. The van der Waals surface area contributed by atoms with Crippen LogP contribution >= 0.6 is 11.6 Å². The van der Waals surface area contributed by atoms with Gasteiger partial charge in [-0.05, 0) is 23.7 Å². The minimum Gasteiger partial charge on any atom is -0.493 e. The van der Waals surface area contributed by atoms with Gasteiger partial charge in [0.25, 0.3) is 5.24 Å². The molecular formula is C12H11ClO4. The number of benzene rings is 1. The van der Waals surface area contributed by atoms with Crippen LogP contribution < -0.4 is 9.47 Å². The summed E-state index contributed by atoms with van der Waals surface area (Å²) in [6, 6.07) is 2.87. The molecule has 0 fully saturated rings. The molecule has 1 aromatic carbocycles. The maximum Gasteiger partial charge on any atom is 0.252 e. The molecule has 5 heteroatoms. The first kappa shape index (κ1) is 13.4. The van der Waals surface area contributed by atoms with Crippen molar-refractivity contribution >= 4 is 16.8 Å². The molecule has 90 valence electrons. The fourth-order valence-electron chi connectivity index (χ4n) is 1.32. The van der Waals surface area contributed by atoms with Crippen LogP contribution in [0, 0.1) is 12.3 Å². The third kappa shape index (κ3) is 3.13. The summed E-state index contributed by atoms with van der Waals surface area (Å²) in [4.78, 5) is 11.1. The minimum atomic E-state index is -0.638. The first-order valence-corrected chi connectivity index (χ1v) is 5.09. The van der Waals surface area contributed by atoms with Gasteiger partial charge >= 0.3 is 0 Å². The third-order valence-electron chi connectivity index (χ3n) is 2.05. The van der Waals surface area contributed by atoms with E-state index in [0.29, 0.717) is 17.1 Å². The Hall–Kier alpha value is -1.70. The zero-order valence-corrected chi connectivity index (χ0v) is 9.95. The summed E-state index contributed by atoms with van der Waals surface area (Å²) in [5.41, 5.74) is 0.615. The van der Waals surface area contributed by atoms with Gasteiger partial charge in [-0.2, -0.15) is 0 Å². The SMILES string of the molecule is C#CCOc1c(CO)cc(C(=O)Cl)cc1OC. The van der Waals surface area contributed by atoms with Crippen LogP contribution in [0.2, 0.25) is 0 Å². The van der Waals surface area contributed by atoms with Crippen molar-refractivity contribution in [2.45, 2.75) is 6.61 Å². The minimum absolute atomic E-state index is 0.0392. The molecule has 0 atom stereocenters. The van der Waals surface area contributed by atoms with Gasteiger partial charge in [-0.15, -0.1) is 6.42 Å². The second-order valence-corrected chi connectivity index (χ2v) is 3.43. The van der Waals surface area contributed by atoms with Crippen molar-refractivity contribution in [3.8, 4) is 23.8 Å². The molecule has 0 saturated carbocycles. The number of ether oxygens (including phenoxy) is 2. The van der Waals surface area contributed by atoms with Crippen molar-refractivity contribution in [1.29, 1.82) is 0 Å². The molecular weight excluding hydrogens is 244 g/mol. The van der Waals surface area contributed by atoms with Gasteiger partial charge in [0.15, 0.2) is 11.5 Å². The zero-order chi connectivity index (χ0) is 12.8. The molecule has 17 heavy (non-hydrogen) atoms. The van der Waals surface area contributed by atoms with Crippen LogP contribution in [-0.4, -0.2) is 24.1 Å². The van der Waals surface area contributed by atoms with E-state index in [9.17, 15) is 9.90 Å². The lowest BCUT2D eigenvalue weighted by molar-refractivity contribution is 0.108. The van der Waals surface area contributed by atoms with Crippen LogP contribution in [0.4, 0.5) is 0 Å². The van der Waals surface area contributed by atoms with Crippen molar-refractivity contribution in [2.24, 2.45) is 0 Å². The molecule has 1 rings (SSSR count). The van der Waals surface area contributed by atoms with Gasteiger partial charge in [0, 0.05) is 11.1 Å². The number of carbonyl (C=O) groups excluding carboxylic acids is 1. The molecule has 0 aliphatic carbocycles. The quantitative estimate of drug-likeness (QED) is 0.640. The topological polar surface area (TPSA) is 55.8 Å². The second-order valence-electron chi connectivity index (χ2n) is 3.09. The third-order valence-corrected chi connectivity index (χ3v) is 2.27. The Balaban J connectivity index is 3.26. The van der Waals surface area contributed by atoms with Crippen LogP contribution in [0.1, 0.15) is 15.9 Å². The van der Waals surface area contributed by atoms with E-state index in [1.54, 1.807) is 0 Å². The van der Waals surface area contributed by atoms with Gasteiger partial charge in [-0.3, -0.25) is 4.79 Å². The monoisotopic (exact) mass is 254 g/mol. The number of halogens is 1. The first-order chi connectivity index (χ1) is 8.13. The van der Waals surface area contributed by atoms with Gasteiger partial charge in [0.05, 0.1) is 13.7 Å². The molecule has 1 N–H and O–H groups in total. The normalized spacial score (nSPS) is 9.53. The highest BCUT2D eigenvalue weighted by atomic mass is 35.5. The number of aliphatic hydroxyl groups excluding tert-OH is 1. The van der Waals surface area contributed by atoms with Crippen molar-refractivity contribution in [3.63, 3.8) is 0 Å². The molecule has 0 bridgehead atoms. The van der Waals surface area contributed by atoms with E-state index in [2.05, 4.69) is 5.92 Å². The van der Waals surface area contributed by atoms with E-state index in [0.717, 1.165) is 0 Å². The highest BCUT2D eigenvalue weighted by Gasteiger charge is 2.15. The molecule has 0 unspecified atom stereocenters. The van der Waals surface area contributed by atoms with Crippen molar-refractivity contribution in [2.75, 3.05) is 13.7 Å². The van der Waals surface area contributed by atoms with Crippen LogP contribution in [0.5, 0.6) is 11.5 Å². The van der Waals surface area contributed by atoms with E-state index in [1.165, 1.54) is 19.2 Å². The van der Waals surface area contributed by atoms with E-state index in [4.69, 9.17) is 27.5 Å². The Labute approximate surface area is 104 Å². The Kier molecular flexibility index (Phi) is 4.83. The van der Waals surface area contributed by atoms with E-state index in [1.807, 2.05) is 0 Å². The largest absolute Gasteiger partial charge is 0.493 e. The summed E-state index contributed by atoms with van der Waals surface area (Å²) < 4.78 is 10.3. The summed E-state index contributed by atoms with van der Waals surface area (Å²) in [5, 5.41) is 8.56. The predicted molar refractivity (Wildman–Crippen MR) is 63.4 cm³/mol. The first-order valence-electron chi connectivity index (χ1n) is 4.71. The summed E-state index contributed by atoms with van der Waals surface area (Å²) in [7, 11) is 1.42. The van der Waals surface area contributed by atoms with E-state index in [-0.39, 0.29) is 18.8 Å². The lowest BCUT2D eigenvalue weighted by Crippen LogP contribution is -2.03. The van der Waals surface area contributed by atoms with Gasteiger partial charge in [0.1, 0.15) is 6.61 Å². The average Bonchev–Trinajstić information content (AvgIpc) is 2.34. The summed E-state index contributed by atoms with van der Waals surface area (Å²) >= 11 is 5.37. The molecule has 1 aromatic rings. The molecule has 0 aliphatic rings. The van der Waals surface area contributed by atoms with Crippen molar-refractivity contribution < 1.29 is 19.4 Å². The fraction of sp³-hybridized carbons (Fsp3) is 0.250. The standard InChI is InChI=1S/C12H11ClO4/c1-3-4-17-11-9(7-14)5-8(12(13)15)6-10(11)16-2/h1,5-6,14H,4,7H2,2H3. The van der Waals surface area contributed by atoms with Crippen molar-refractivity contribution in [1.82, 2.24) is 0 Å². The molecule has 0 heterocycles. The predicted octanol–water partition coefficient (Wildman–Crippen LogP) is 1.58. The molecule has 0 saturated heterocycles. The van der Waals surface area contributed by atoms with Crippen LogP contribution in [-0.2, 0) is 6.61 Å². The number of terminal acetylenes is 1. The number of carbonyl (C=O) groups is 1. The second kappa shape index (κ2) is 6.14. The average molecular weight is 255 g/mol. The van der Waals surface area contributed by atoms with Crippen LogP contribution in [0.25, 0.3) is 0 Å². The van der Waals surface area contributed by atoms with Gasteiger partial charge in [0.2, 0.25) is 0 Å². The summed E-state index contributed by atoms with van der Waals surface area (Å²) in [6.45, 7) is -0.272. The molecule has 0 spiro atoms. The highest BCUT2D eigenvalue weighted by Crippen LogP contribution is 2.33. The van der Waals surface area contributed by atoms with Gasteiger partial charge < -0.3 is 14.6 Å². The van der Waals surface area contributed by atoms with Crippen LogP contribution in [0.15, 0.2) is 12.1 Å². The lowest BCUT2D eigenvalue weighted by atomic mass is 10.1. The van der Waals surface area contributed by atoms with E-state index < -0.39 is 5.24 Å². The number of methoxy groups -OCH3 is 1. The Morgan fingerprint density at radius 1 is 1.59 bits per heavy atom. The molecule has 4 nitrogen and oxygen atoms in total. The van der Waals surface area contributed by atoms with Gasteiger partial charge in [-0.1, -0.05) is 5.92 Å². The zero-order valence-electron chi connectivity index (χ0n) is 9.20. The molecule has 0 aliphatic heterocycles. The molecule has 0 aromatic heterocycles. The van der Waals surface area contributed by atoms with E-state index >= 15 is 0 Å². The Bertz CT molecular complexity index is 437. The number of hydrogen-bond acceptors (Lipinski definition) is 4. The molecule has 0 amide bonds. The maximum atomic E-state index is 11.1. The Morgan fingerprint density at radius 2 is 2.29 bits per heavy atom. The van der Waals surface area contributed by atoms with Gasteiger partial charge in [-0.25, -0.2) is 0 Å².